The zero-order valence-corrected chi connectivity index (χ0v) is 20.6. The maximum absolute atomic E-state index is 13.1. The summed E-state index contributed by atoms with van der Waals surface area (Å²) in [6.45, 7) is 3.89. The smallest absolute Gasteiger partial charge is 0.253 e. The predicted molar refractivity (Wildman–Crippen MR) is 133 cm³/mol. The molecule has 2 aromatic rings. The van der Waals surface area contributed by atoms with Gasteiger partial charge in [-0.3, -0.25) is 9.59 Å². The molecule has 0 bridgehead atoms. The van der Waals surface area contributed by atoms with Gasteiger partial charge in [-0.2, -0.15) is 0 Å². The molecule has 1 saturated heterocycles. The quantitative estimate of drug-likeness (QED) is 0.474. The van der Waals surface area contributed by atoms with Crippen LogP contribution in [0.15, 0.2) is 59.5 Å². The molecule has 1 atom stereocenters. The number of carbonyl (C=O) groups excluding carboxylic acids is 2. The van der Waals surface area contributed by atoms with Gasteiger partial charge in [0.25, 0.3) is 5.91 Å². The lowest BCUT2D eigenvalue weighted by Gasteiger charge is -2.32. The van der Waals surface area contributed by atoms with Crippen LogP contribution >= 0.6 is 0 Å². The minimum absolute atomic E-state index is 0.00422. The summed E-state index contributed by atoms with van der Waals surface area (Å²) in [5.74, 6) is -0.487. The van der Waals surface area contributed by atoms with Gasteiger partial charge in [0.15, 0.2) is 0 Å². The first-order chi connectivity index (χ1) is 16.4. The molecule has 1 aliphatic rings. The summed E-state index contributed by atoms with van der Waals surface area (Å²) in [6.07, 6.45) is 5.89. The van der Waals surface area contributed by atoms with E-state index in [1.807, 2.05) is 30.3 Å². The summed E-state index contributed by atoms with van der Waals surface area (Å²) < 4.78 is 28.1. The minimum atomic E-state index is -3.77. The molecule has 3 rings (SSSR count). The van der Waals surface area contributed by atoms with Crippen LogP contribution in [-0.4, -0.2) is 44.8 Å². The molecule has 0 radical (unpaired) electrons. The summed E-state index contributed by atoms with van der Waals surface area (Å²) in [6, 6.07) is 15.3. The third kappa shape index (κ3) is 7.40. The number of amides is 2. The van der Waals surface area contributed by atoms with Crippen molar-refractivity contribution in [3.05, 3.63) is 65.7 Å². The lowest BCUT2D eigenvalue weighted by Crippen LogP contribution is -2.45. The van der Waals surface area contributed by atoms with Crippen LogP contribution in [0.4, 0.5) is 0 Å². The highest BCUT2D eigenvalue weighted by atomic mass is 32.2. The average molecular weight is 486 g/mol. The molecule has 8 heteroatoms. The van der Waals surface area contributed by atoms with Crippen LogP contribution in [0.1, 0.15) is 61.4 Å². The zero-order chi connectivity index (χ0) is 24.4. The van der Waals surface area contributed by atoms with Crippen molar-refractivity contribution in [1.29, 1.82) is 0 Å². The van der Waals surface area contributed by atoms with Gasteiger partial charge in [0.05, 0.1) is 10.8 Å². The van der Waals surface area contributed by atoms with Gasteiger partial charge in [0, 0.05) is 31.7 Å². The second-order valence-corrected chi connectivity index (χ2v) is 10.5. The molecule has 2 aromatic carbocycles. The second kappa shape index (κ2) is 12.7. The molecule has 0 spiro atoms. The summed E-state index contributed by atoms with van der Waals surface area (Å²) in [7, 11) is -3.77. The minimum Gasteiger partial charge on any atom is -0.356 e. The Morgan fingerprint density at radius 1 is 1.03 bits per heavy atom. The third-order valence-electron chi connectivity index (χ3n) is 6.11. The lowest BCUT2D eigenvalue weighted by molar-refractivity contribution is -0.126. The highest BCUT2D eigenvalue weighted by Gasteiger charge is 2.29. The number of sulfonamides is 1. The van der Waals surface area contributed by atoms with E-state index in [1.165, 1.54) is 12.1 Å². The van der Waals surface area contributed by atoms with E-state index in [1.54, 1.807) is 17.0 Å². The van der Waals surface area contributed by atoms with Gasteiger partial charge < -0.3 is 10.2 Å². The van der Waals surface area contributed by atoms with Crippen LogP contribution in [0, 0.1) is 5.92 Å². The van der Waals surface area contributed by atoms with Gasteiger partial charge in [-0.25, -0.2) is 13.1 Å². The number of unbranched alkanes of at least 4 members (excludes halogenated alkanes) is 3. The fourth-order valence-corrected chi connectivity index (χ4v) is 5.18. The van der Waals surface area contributed by atoms with Crippen LogP contribution in [0.25, 0.3) is 0 Å². The normalized spacial score (nSPS) is 16.3. The Balaban J connectivity index is 1.59. The number of hydrogen-bond donors (Lipinski definition) is 2. The van der Waals surface area contributed by atoms with E-state index in [-0.39, 0.29) is 29.2 Å². The number of carbonyl (C=O) groups is 2. The van der Waals surface area contributed by atoms with Gasteiger partial charge in [-0.15, -0.1) is 0 Å². The van der Waals surface area contributed by atoms with Crippen molar-refractivity contribution in [3.8, 4) is 0 Å². The Kier molecular flexibility index (Phi) is 9.65. The molecular weight excluding hydrogens is 450 g/mol. The van der Waals surface area contributed by atoms with E-state index in [4.69, 9.17) is 0 Å². The van der Waals surface area contributed by atoms with Crippen LogP contribution in [0.2, 0.25) is 0 Å². The van der Waals surface area contributed by atoms with Gasteiger partial charge in [-0.05, 0) is 43.0 Å². The number of nitrogens with zero attached hydrogens (tertiary/aromatic N) is 1. The lowest BCUT2D eigenvalue weighted by atomic mass is 9.96. The molecule has 2 N–H and O–H groups in total. The summed E-state index contributed by atoms with van der Waals surface area (Å²) >= 11 is 0. The van der Waals surface area contributed by atoms with Crippen LogP contribution in [-0.2, 0) is 21.4 Å². The van der Waals surface area contributed by atoms with Crippen LogP contribution in [0.3, 0.4) is 0 Å². The number of piperidine rings is 1. The van der Waals surface area contributed by atoms with Crippen molar-refractivity contribution < 1.29 is 18.0 Å². The summed E-state index contributed by atoms with van der Waals surface area (Å²) in [5, 5.41) is 3.00. The van der Waals surface area contributed by atoms with Crippen LogP contribution in [0.5, 0.6) is 0 Å². The Labute approximate surface area is 203 Å². The molecule has 0 aromatic heterocycles. The molecule has 34 heavy (non-hydrogen) atoms. The molecule has 1 heterocycles. The van der Waals surface area contributed by atoms with Crippen molar-refractivity contribution >= 4 is 21.8 Å². The van der Waals surface area contributed by atoms with Crippen molar-refractivity contribution in [2.75, 3.05) is 19.6 Å². The summed E-state index contributed by atoms with van der Waals surface area (Å²) in [4.78, 5) is 27.4. The fraction of sp³-hybridized carbons (Fsp3) is 0.462. The maximum atomic E-state index is 13.1. The highest BCUT2D eigenvalue weighted by Crippen LogP contribution is 2.20. The topological polar surface area (TPSA) is 95.6 Å². The maximum Gasteiger partial charge on any atom is 0.253 e. The third-order valence-corrected chi connectivity index (χ3v) is 7.51. The van der Waals surface area contributed by atoms with E-state index >= 15 is 0 Å². The van der Waals surface area contributed by atoms with E-state index < -0.39 is 10.0 Å². The summed E-state index contributed by atoms with van der Waals surface area (Å²) in [5.41, 5.74) is 1.16. The number of likely N-dealkylation sites (tertiary alicyclic amines) is 1. The molecular formula is C26H35N3O4S. The highest BCUT2D eigenvalue weighted by molar-refractivity contribution is 7.89. The van der Waals surface area contributed by atoms with Gasteiger partial charge in [-0.1, -0.05) is 62.6 Å². The van der Waals surface area contributed by atoms with Crippen molar-refractivity contribution in [3.63, 3.8) is 0 Å². The Bertz CT molecular complexity index is 1060. The number of nitrogens with one attached hydrogen (secondary N) is 2. The SMILES string of the molecule is CCCCCCNC(=O)C1CCCN(C(=O)c2cccc(S(=O)(=O)NCc3ccccc3)c2)C1. The molecule has 1 fully saturated rings. The molecule has 1 unspecified atom stereocenters. The standard InChI is InChI=1S/C26H35N3O4S/c1-2-3-4-8-16-27-25(30)23-14-10-17-29(20-23)26(31)22-13-9-15-24(18-22)34(32,33)28-19-21-11-6-5-7-12-21/h5-7,9,11-13,15,18,23,28H,2-4,8,10,14,16-17,19-20H2,1H3,(H,27,30). The predicted octanol–water partition coefficient (Wildman–Crippen LogP) is 3.71. The Morgan fingerprint density at radius 3 is 2.59 bits per heavy atom. The molecule has 1 aliphatic heterocycles. The number of benzene rings is 2. The zero-order valence-electron chi connectivity index (χ0n) is 19.8. The van der Waals surface area contributed by atoms with Gasteiger partial charge in [0.2, 0.25) is 15.9 Å². The Morgan fingerprint density at radius 2 is 1.82 bits per heavy atom. The fourth-order valence-electron chi connectivity index (χ4n) is 4.12. The average Bonchev–Trinajstić information content (AvgIpc) is 2.87. The largest absolute Gasteiger partial charge is 0.356 e. The molecule has 7 nitrogen and oxygen atoms in total. The molecule has 0 aliphatic carbocycles. The number of rotatable bonds is 11. The molecule has 184 valence electrons. The number of hydrogen-bond acceptors (Lipinski definition) is 4. The second-order valence-electron chi connectivity index (χ2n) is 8.78. The van der Waals surface area contributed by atoms with E-state index in [0.717, 1.165) is 44.1 Å². The van der Waals surface area contributed by atoms with E-state index in [2.05, 4.69) is 17.0 Å². The molecule has 0 saturated carbocycles. The van der Waals surface area contributed by atoms with E-state index in [0.29, 0.717) is 25.2 Å². The van der Waals surface area contributed by atoms with Gasteiger partial charge in [0.1, 0.15) is 0 Å². The van der Waals surface area contributed by atoms with Crippen molar-refractivity contribution in [2.45, 2.75) is 56.9 Å². The Hall–Kier alpha value is -2.71. The van der Waals surface area contributed by atoms with E-state index in [9.17, 15) is 18.0 Å². The van der Waals surface area contributed by atoms with Crippen LogP contribution < -0.4 is 10.0 Å². The van der Waals surface area contributed by atoms with Crippen molar-refractivity contribution in [1.82, 2.24) is 14.9 Å². The first-order valence-corrected chi connectivity index (χ1v) is 13.6. The first-order valence-electron chi connectivity index (χ1n) is 12.1. The molecule has 2 amide bonds. The monoisotopic (exact) mass is 485 g/mol. The van der Waals surface area contributed by atoms with Gasteiger partial charge >= 0.3 is 0 Å². The first kappa shape index (κ1) is 25.9. The van der Waals surface area contributed by atoms with Crippen molar-refractivity contribution in [2.24, 2.45) is 5.92 Å².